The van der Waals surface area contributed by atoms with Crippen LogP contribution in [0.5, 0.6) is 0 Å². The van der Waals surface area contributed by atoms with Crippen molar-refractivity contribution in [2.75, 3.05) is 31.5 Å². The summed E-state index contributed by atoms with van der Waals surface area (Å²) < 4.78 is 1.67. The molecular weight excluding hydrogens is 276 g/mol. The van der Waals surface area contributed by atoms with Crippen molar-refractivity contribution >= 4 is 23.2 Å². The minimum atomic E-state index is 0.433. The highest BCUT2D eigenvalue weighted by atomic mass is 35.5. The Bertz CT molecular complexity index is 561. The standard InChI is InChI=1S/C13H19ClN6/c14-11-9-12(20-13(18-11)16-10-17-20)15-5-8-19-6-3-1-2-4-7-19/h9-10,15H,1-8H2. The highest BCUT2D eigenvalue weighted by molar-refractivity contribution is 6.29. The van der Waals surface area contributed by atoms with Gasteiger partial charge in [0, 0.05) is 19.2 Å². The van der Waals surface area contributed by atoms with Gasteiger partial charge in [0.1, 0.15) is 17.3 Å². The maximum atomic E-state index is 5.99. The Morgan fingerprint density at radius 2 is 2.00 bits per heavy atom. The number of anilines is 1. The van der Waals surface area contributed by atoms with Crippen LogP contribution in [0, 0.1) is 0 Å². The van der Waals surface area contributed by atoms with E-state index in [2.05, 4.69) is 25.3 Å². The Labute approximate surface area is 123 Å². The van der Waals surface area contributed by atoms with E-state index in [9.17, 15) is 0 Å². The van der Waals surface area contributed by atoms with Crippen LogP contribution in [0.4, 0.5) is 5.82 Å². The van der Waals surface area contributed by atoms with Crippen LogP contribution < -0.4 is 5.32 Å². The van der Waals surface area contributed by atoms with Gasteiger partial charge in [0.25, 0.3) is 5.78 Å². The second-order valence-electron chi connectivity index (χ2n) is 5.12. The molecule has 2 aromatic heterocycles. The zero-order valence-electron chi connectivity index (χ0n) is 11.4. The summed E-state index contributed by atoms with van der Waals surface area (Å²) in [7, 11) is 0. The molecular formula is C13H19ClN6. The van der Waals surface area contributed by atoms with Gasteiger partial charge < -0.3 is 10.2 Å². The second kappa shape index (κ2) is 6.37. The third-order valence-corrected chi connectivity index (χ3v) is 3.85. The van der Waals surface area contributed by atoms with E-state index < -0.39 is 0 Å². The lowest BCUT2D eigenvalue weighted by molar-refractivity contribution is 0.296. The van der Waals surface area contributed by atoms with E-state index in [4.69, 9.17) is 11.6 Å². The van der Waals surface area contributed by atoms with E-state index in [1.165, 1.54) is 45.1 Å². The number of aromatic nitrogens is 4. The number of nitrogens with one attached hydrogen (secondary N) is 1. The molecule has 0 saturated carbocycles. The highest BCUT2D eigenvalue weighted by Gasteiger charge is 2.09. The molecule has 1 fully saturated rings. The molecule has 108 valence electrons. The SMILES string of the molecule is Clc1cc(NCCN2CCCCCC2)n2ncnc2n1. The van der Waals surface area contributed by atoms with Crippen LogP contribution in [0.3, 0.4) is 0 Å². The van der Waals surface area contributed by atoms with Crippen molar-refractivity contribution in [3.8, 4) is 0 Å². The van der Waals surface area contributed by atoms with Gasteiger partial charge >= 0.3 is 0 Å². The summed E-state index contributed by atoms with van der Waals surface area (Å²) in [6, 6.07) is 1.78. The molecule has 0 bridgehead atoms. The first-order valence-electron chi connectivity index (χ1n) is 7.15. The average Bonchev–Trinajstić information content (AvgIpc) is 2.74. The fourth-order valence-electron chi connectivity index (χ4n) is 2.61. The van der Waals surface area contributed by atoms with Gasteiger partial charge in [-0.15, -0.1) is 0 Å². The molecule has 0 amide bonds. The normalized spacial score (nSPS) is 17.2. The van der Waals surface area contributed by atoms with Gasteiger partial charge in [0.05, 0.1) is 0 Å². The molecule has 2 aromatic rings. The van der Waals surface area contributed by atoms with E-state index in [-0.39, 0.29) is 0 Å². The maximum Gasteiger partial charge on any atom is 0.255 e. The van der Waals surface area contributed by atoms with Crippen molar-refractivity contribution in [2.24, 2.45) is 0 Å². The largest absolute Gasteiger partial charge is 0.369 e. The molecule has 6 nitrogen and oxygen atoms in total. The molecule has 0 spiro atoms. The van der Waals surface area contributed by atoms with E-state index in [0.29, 0.717) is 10.9 Å². The Kier molecular flexibility index (Phi) is 4.32. The summed E-state index contributed by atoms with van der Waals surface area (Å²) in [5.41, 5.74) is 0. The van der Waals surface area contributed by atoms with E-state index in [1.807, 2.05) is 0 Å². The molecule has 0 radical (unpaired) electrons. The smallest absolute Gasteiger partial charge is 0.255 e. The lowest BCUT2D eigenvalue weighted by Gasteiger charge is -2.20. The first-order valence-corrected chi connectivity index (χ1v) is 7.53. The number of nitrogens with zero attached hydrogens (tertiary/aromatic N) is 5. The van der Waals surface area contributed by atoms with Crippen LogP contribution in [-0.2, 0) is 0 Å². The lowest BCUT2D eigenvalue weighted by atomic mass is 10.2. The van der Waals surface area contributed by atoms with Crippen molar-refractivity contribution < 1.29 is 0 Å². The van der Waals surface area contributed by atoms with Crippen LogP contribution in [0.1, 0.15) is 25.7 Å². The molecule has 1 saturated heterocycles. The lowest BCUT2D eigenvalue weighted by Crippen LogP contribution is -2.30. The topological polar surface area (TPSA) is 58.4 Å². The predicted octanol–water partition coefficient (Wildman–Crippen LogP) is 2.07. The molecule has 7 heteroatoms. The van der Waals surface area contributed by atoms with Gasteiger partial charge in [0.2, 0.25) is 0 Å². The summed E-state index contributed by atoms with van der Waals surface area (Å²) in [6.45, 7) is 4.32. The first-order chi connectivity index (χ1) is 9.83. The molecule has 0 atom stereocenters. The Balaban J connectivity index is 1.60. The molecule has 0 aromatic carbocycles. The summed E-state index contributed by atoms with van der Waals surface area (Å²) in [5.74, 6) is 1.36. The van der Waals surface area contributed by atoms with Crippen LogP contribution in [0.2, 0.25) is 5.15 Å². The number of fused-ring (bicyclic) bond motifs is 1. The van der Waals surface area contributed by atoms with Gasteiger partial charge in [-0.1, -0.05) is 24.4 Å². The van der Waals surface area contributed by atoms with E-state index in [0.717, 1.165) is 18.9 Å². The molecule has 3 heterocycles. The zero-order chi connectivity index (χ0) is 13.8. The quantitative estimate of drug-likeness (QED) is 0.875. The van der Waals surface area contributed by atoms with Crippen molar-refractivity contribution in [1.29, 1.82) is 0 Å². The number of hydrogen-bond acceptors (Lipinski definition) is 5. The minimum Gasteiger partial charge on any atom is -0.369 e. The summed E-state index contributed by atoms with van der Waals surface area (Å²) in [6.07, 6.45) is 6.84. The summed E-state index contributed by atoms with van der Waals surface area (Å²) >= 11 is 5.99. The molecule has 1 aliphatic rings. The van der Waals surface area contributed by atoms with Crippen LogP contribution >= 0.6 is 11.6 Å². The third-order valence-electron chi connectivity index (χ3n) is 3.65. The Hall–Kier alpha value is -1.40. The molecule has 0 unspecified atom stereocenters. The van der Waals surface area contributed by atoms with Gasteiger partial charge in [-0.05, 0) is 25.9 Å². The van der Waals surface area contributed by atoms with Crippen molar-refractivity contribution in [3.05, 3.63) is 17.5 Å². The first kappa shape index (κ1) is 13.6. The van der Waals surface area contributed by atoms with E-state index >= 15 is 0 Å². The van der Waals surface area contributed by atoms with Crippen molar-refractivity contribution in [3.63, 3.8) is 0 Å². The molecule has 1 N–H and O–H groups in total. The van der Waals surface area contributed by atoms with Gasteiger partial charge in [-0.2, -0.15) is 19.6 Å². The Morgan fingerprint density at radius 3 is 2.80 bits per heavy atom. The summed E-state index contributed by atoms with van der Waals surface area (Å²) in [5, 5.41) is 7.96. The Morgan fingerprint density at radius 1 is 1.20 bits per heavy atom. The second-order valence-corrected chi connectivity index (χ2v) is 5.51. The van der Waals surface area contributed by atoms with Gasteiger partial charge in [-0.25, -0.2) is 0 Å². The fourth-order valence-corrected chi connectivity index (χ4v) is 2.79. The van der Waals surface area contributed by atoms with Gasteiger partial charge in [0.15, 0.2) is 0 Å². The van der Waals surface area contributed by atoms with E-state index in [1.54, 1.807) is 10.6 Å². The molecule has 3 rings (SSSR count). The number of hydrogen-bond donors (Lipinski definition) is 1. The van der Waals surface area contributed by atoms with Crippen LogP contribution in [-0.4, -0.2) is 50.7 Å². The fraction of sp³-hybridized carbons (Fsp3) is 0.615. The number of rotatable bonds is 4. The number of likely N-dealkylation sites (tertiary alicyclic amines) is 1. The van der Waals surface area contributed by atoms with Crippen LogP contribution in [0.25, 0.3) is 5.78 Å². The highest BCUT2D eigenvalue weighted by Crippen LogP contribution is 2.14. The monoisotopic (exact) mass is 294 g/mol. The number of halogens is 1. The van der Waals surface area contributed by atoms with Crippen LogP contribution in [0.15, 0.2) is 12.4 Å². The van der Waals surface area contributed by atoms with Crippen molar-refractivity contribution in [2.45, 2.75) is 25.7 Å². The molecule has 1 aliphatic heterocycles. The zero-order valence-corrected chi connectivity index (χ0v) is 12.2. The predicted molar refractivity (Wildman–Crippen MR) is 79.2 cm³/mol. The summed E-state index contributed by atoms with van der Waals surface area (Å²) in [4.78, 5) is 10.7. The molecule has 0 aliphatic carbocycles. The van der Waals surface area contributed by atoms with Gasteiger partial charge in [-0.3, -0.25) is 0 Å². The average molecular weight is 295 g/mol. The third kappa shape index (κ3) is 3.19. The molecule has 20 heavy (non-hydrogen) atoms. The minimum absolute atomic E-state index is 0.433. The van der Waals surface area contributed by atoms with Crippen molar-refractivity contribution in [1.82, 2.24) is 24.5 Å². The maximum absolute atomic E-state index is 5.99.